The molecular formula is C27H25F3N4O3S. The number of hydrogen-bond acceptors (Lipinski definition) is 5. The summed E-state index contributed by atoms with van der Waals surface area (Å²) in [5.41, 5.74) is 0.619. The molecule has 2 aromatic carbocycles. The molecule has 0 saturated carbocycles. The predicted octanol–water partition coefficient (Wildman–Crippen LogP) is 5.38. The fourth-order valence-corrected chi connectivity index (χ4v) is 5.42. The van der Waals surface area contributed by atoms with Gasteiger partial charge in [-0.25, -0.2) is 4.79 Å². The highest BCUT2D eigenvalue weighted by Gasteiger charge is 2.46. The maximum absolute atomic E-state index is 14.1. The van der Waals surface area contributed by atoms with Crippen LogP contribution in [0.15, 0.2) is 58.6 Å². The molecule has 0 bridgehead atoms. The van der Waals surface area contributed by atoms with Crippen LogP contribution in [0.1, 0.15) is 42.0 Å². The van der Waals surface area contributed by atoms with Gasteiger partial charge in [-0.15, -0.1) is 11.8 Å². The predicted molar refractivity (Wildman–Crippen MR) is 136 cm³/mol. The molecule has 1 atom stereocenters. The Labute approximate surface area is 222 Å². The van der Waals surface area contributed by atoms with Crippen LogP contribution in [0.5, 0.6) is 0 Å². The Balaban J connectivity index is 1.99. The van der Waals surface area contributed by atoms with Crippen LogP contribution < -0.4 is 4.90 Å². The first-order chi connectivity index (χ1) is 18.0. The van der Waals surface area contributed by atoms with E-state index in [-0.39, 0.29) is 23.5 Å². The molecule has 7 nitrogen and oxygen atoms in total. The van der Waals surface area contributed by atoms with Crippen molar-refractivity contribution in [2.45, 2.75) is 36.4 Å². The lowest BCUT2D eigenvalue weighted by Crippen LogP contribution is -2.54. The summed E-state index contributed by atoms with van der Waals surface area (Å²) < 4.78 is 40.6. The number of urea groups is 1. The third-order valence-electron chi connectivity index (χ3n) is 6.61. The van der Waals surface area contributed by atoms with E-state index in [1.54, 1.807) is 24.5 Å². The Morgan fingerprint density at radius 2 is 1.89 bits per heavy atom. The van der Waals surface area contributed by atoms with E-state index >= 15 is 0 Å². The topological polar surface area (TPSA) is 84.7 Å². The first-order valence-corrected chi connectivity index (χ1v) is 13.0. The highest BCUT2D eigenvalue weighted by atomic mass is 32.2. The smallest absolute Gasteiger partial charge is 0.347 e. The number of likely N-dealkylation sites (N-methyl/N-ethyl adjacent to an activating group) is 1. The minimum absolute atomic E-state index is 0.0299. The number of benzene rings is 2. The van der Waals surface area contributed by atoms with Gasteiger partial charge in [-0.3, -0.25) is 14.5 Å². The van der Waals surface area contributed by atoms with E-state index < -0.39 is 36.3 Å². The number of ketones is 1. The summed E-state index contributed by atoms with van der Waals surface area (Å²) >= 11 is 1.33. The summed E-state index contributed by atoms with van der Waals surface area (Å²) in [6.45, 7) is -0.399. The summed E-state index contributed by atoms with van der Waals surface area (Å²) in [4.78, 5) is 44.8. The molecule has 2 aromatic rings. The number of allylic oxidation sites excluding steroid dienone is 1. The molecule has 0 fully saturated rings. The van der Waals surface area contributed by atoms with Crippen LogP contribution in [0.2, 0.25) is 0 Å². The summed E-state index contributed by atoms with van der Waals surface area (Å²) in [6, 6.07) is 9.74. The molecule has 0 spiro atoms. The van der Waals surface area contributed by atoms with Crippen molar-refractivity contribution >= 4 is 35.2 Å². The minimum atomic E-state index is -4.63. The van der Waals surface area contributed by atoms with E-state index in [0.29, 0.717) is 34.6 Å². The SMILES string of the molecule is CSc1cc(C#N)ccc1C1C2=C(CCCC2=O)N(c2cccc(C(F)(F)F)c2)C(=O)N1CC(=O)N(C)C. The molecule has 0 saturated heterocycles. The first kappa shape index (κ1) is 27.3. The standard InChI is InChI=1S/C27H25F3N4O3S/c1-32(2)23(36)15-33-25(19-11-10-16(14-31)12-22(19)38-3)24-20(8-5-9-21(24)35)34(26(33)37)18-7-4-6-17(13-18)27(28,29)30/h4,6-7,10-13,25H,5,8-9,15H2,1-3H3. The largest absolute Gasteiger partial charge is 0.416 e. The molecule has 4 rings (SSSR count). The normalized spacial score (nSPS) is 17.9. The van der Waals surface area contributed by atoms with Gasteiger partial charge in [-0.1, -0.05) is 12.1 Å². The number of Topliss-reactive ketones (excluding diaryl/α,β-unsaturated/α-hetero) is 1. The number of amides is 3. The Morgan fingerprint density at radius 3 is 2.53 bits per heavy atom. The van der Waals surface area contributed by atoms with Crippen LogP contribution in [0.3, 0.4) is 0 Å². The van der Waals surface area contributed by atoms with Gasteiger partial charge in [-0.2, -0.15) is 18.4 Å². The van der Waals surface area contributed by atoms with Crippen molar-refractivity contribution in [3.63, 3.8) is 0 Å². The fourth-order valence-electron chi connectivity index (χ4n) is 4.76. The number of carbonyl (C=O) groups excluding carboxylic acids is 3. The van der Waals surface area contributed by atoms with Gasteiger partial charge >= 0.3 is 12.2 Å². The number of hydrogen-bond donors (Lipinski definition) is 0. The number of alkyl halides is 3. The van der Waals surface area contributed by atoms with Gasteiger partial charge in [0.15, 0.2) is 5.78 Å². The molecule has 3 amide bonds. The molecule has 11 heteroatoms. The Morgan fingerprint density at radius 1 is 1.16 bits per heavy atom. The van der Waals surface area contributed by atoms with Crippen LogP contribution in [0.25, 0.3) is 0 Å². The molecule has 0 N–H and O–H groups in total. The van der Waals surface area contributed by atoms with E-state index in [1.807, 2.05) is 0 Å². The van der Waals surface area contributed by atoms with Gasteiger partial charge in [0.25, 0.3) is 0 Å². The number of nitrogens with zero attached hydrogens (tertiary/aromatic N) is 4. The molecule has 1 aliphatic carbocycles. The summed E-state index contributed by atoms with van der Waals surface area (Å²) in [6.07, 6.45) is -1.88. The monoisotopic (exact) mass is 542 g/mol. The van der Waals surface area contributed by atoms with E-state index in [1.165, 1.54) is 47.8 Å². The molecule has 1 aliphatic heterocycles. The van der Waals surface area contributed by atoms with Crippen molar-refractivity contribution in [1.29, 1.82) is 5.26 Å². The van der Waals surface area contributed by atoms with Crippen molar-refractivity contribution in [2.24, 2.45) is 0 Å². The van der Waals surface area contributed by atoms with Crippen molar-refractivity contribution < 1.29 is 27.6 Å². The van der Waals surface area contributed by atoms with Crippen LogP contribution in [0.4, 0.5) is 23.7 Å². The van der Waals surface area contributed by atoms with Gasteiger partial charge in [0.1, 0.15) is 6.54 Å². The van der Waals surface area contributed by atoms with E-state index in [9.17, 15) is 32.8 Å². The van der Waals surface area contributed by atoms with Crippen molar-refractivity contribution in [3.05, 3.63) is 70.4 Å². The maximum atomic E-state index is 14.1. The fraction of sp³-hybridized carbons (Fsp3) is 0.333. The zero-order valence-electron chi connectivity index (χ0n) is 21.0. The maximum Gasteiger partial charge on any atom is 0.416 e. The van der Waals surface area contributed by atoms with E-state index in [4.69, 9.17) is 0 Å². The third-order valence-corrected chi connectivity index (χ3v) is 7.41. The zero-order chi connectivity index (χ0) is 27.8. The third kappa shape index (κ3) is 5.00. The second-order valence-electron chi connectivity index (χ2n) is 9.19. The number of anilines is 1. The Bertz CT molecular complexity index is 1380. The lowest BCUT2D eigenvalue weighted by molar-refractivity contribution is -0.137. The van der Waals surface area contributed by atoms with Crippen molar-refractivity contribution in [2.75, 3.05) is 31.8 Å². The lowest BCUT2D eigenvalue weighted by atomic mass is 9.83. The van der Waals surface area contributed by atoms with Crippen LogP contribution in [-0.2, 0) is 15.8 Å². The second-order valence-corrected chi connectivity index (χ2v) is 10.0. The van der Waals surface area contributed by atoms with Gasteiger partial charge < -0.3 is 9.80 Å². The average Bonchev–Trinajstić information content (AvgIpc) is 2.88. The number of halogens is 3. The molecule has 1 unspecified atom stereocenters. The van der Waals surface area contributed by atoms with Crippen LogP contribution >= 0.6 is 11.8 Å². The molecule has 0 aromatic heterocycles. The molecule has 198 valence electrons. The summed E-state index contributed by atoms with van der Waals surface area (Å²) in [5.74, 6) is -0.654. The first-order valence-electron chi connectivity index (χ1n) is 11.8. The summed E-state index contributed by atoms with van der Waals surface area (Å²) in [7, 11) is 3.06. The van der Waals surface area contributed by atoms with Crippen molar-refractivity contribution in [1.82, 2.24) is 9.80 Å². The second kappa shape index (κ2) is 10.5. The van der Waals surface area contributed by atoms with Gasteiger partial charge in [0.2, 0.25) is 5.91 Å². The molecule has 38 heavy (non-hydrogen) atoms. The molecule has 0 radical (unpaired) electrons. The van der Waals surface area contributed by atoms with E-state index in [0.717, 1.165) is 17.0 Å². The van der Waals surface area contributed by atoms with E-state index in [2.05, 4.69) is 6.07 Å². The van der Waals surface area contributed by atoms with Gasteiger partial charge in [0.05, 0.1) is 28.9 Å². The summed E-state index contributed by atoms with van der Waals surface area (Å²) in [5, 5.41) is 9.38. The number of nitriles is 1. The highest BCUT2D eigenvalue weighted by Crippen LogP contribution is 2.46. The molecular weight excluding hydrogens is 517 g/mol. The Kier molecular flexibility index (Phi) is 7.56. The van der Waals surface area contributed by atoms with Gasteiger partial charge in [0, 0.05) is 36.7 Å². The lowest BCUT2D eigenvalue weighted by Gasteiger charge is -2.45. The Hall–Kier alpha value is -3.78. The highest BCUT2D eigenvalue weighted by molar-refractivity contribution is 7.98. The average molecular weight is 543 g/mol. The minimum Gasteiger partial charge on any atom is -0.347 e. The molecule has 2 aliphatic rings. The van der Waals surface area contributed by atoms with Crippen LogP contribution in [0, 0.1) is 11.3 Å². The number of carbonyl (C=O) groups is 3. The quantitative estimate of drug-likeness (QED) is 0.474. The molecule has 1 heterocycles. The van der Waals surface area contributed by atoms with Crippen LogP contribution in [-0.4, -0.2) is 54.4 Å². The zero-order valence-corrected chi connectivity index (χ0v) is 21.8. The number of rotatable bonds is 5. The van der Waals surface area contributed by atoms with Crippen molar-refractivity contribution in [3.8, 4) is 6.07 Å². The van der Waals surface area contributed by atoms with Gasteiger partial charge in [-0.05, 0) is 55.0 Å². The number of thioether (sulfide) groups is 1.